The fourth-order valence-corrected chi connectivity index (χ4v) is 3.63. The number of pyridine rings is 1. The Balaban J connectivity index is 1.78. The summed E-state index contributed by atoms with van der Waals surface area (Å²) in [4.78, 5) is 18.6. The Bertz CT molecular complexity index is 490. The van der Waals surface area contributed by atoms with Crippen molar-refractivity contribution in [2.24, 2.45) is 5.41 Å². The van der Waals surface area contributed by atoms with Gasteiger partial charge in [-0.25, -0.2) is 0 Å². The summed E-state index contributed by atoms with van der Waals surface area (Å²) in [5.74, 6) is 0.0580. The second-order valence-electron chi connectivity index (χ2n) is 6.02. The maximum atomic E-state index is 12.6. The zero-order chi connectivity index (χ0) is 14.7. The van der Waals surface area contributed by atoms with Gasteiger partial charge in [0, 0.05) is 44.6 Å². The zero-order valence-electron chi connectivity index (χ0n) is 12.5. The molecule has 0 spiro atoms. The lowest BCUT2D eigenvalue weighted by Crippen LogP contribution is -2.58. The summed E-state index contributed by atoms with van der Waals surface area (Å²) in [7, 11) is 1.72. The average Bonchev–Trinajstić information content (AvgIpc) is 2.54. The van der Waals surface area contributed by atoms with Gasteiger partial charge in [-0.05, 0) is 31.4 Å². The zero-order valence-corrected chi connectivity index (χ0v) is 12.5. The molecule has 5 heteroatoms. The van der Waals surface area contributed by atoms with Crippen LogP contribution in [0.5, 0.6) is 0 Å². The van der Waals surface area contributed by atoms with Crippen LogP contribution in [0.3, 0.4) is 0 Å². The van der Waals surface area contributed by atoms with Gasteiger partial charge >= 0.3 is 0 Å². The quantitative estimate of drug-likeness (QED) is 0.851. The Morgan fingerprint density at radius 3 is 3.29 bits per heavy atom. The summed E-state index contributed by atoms with van der Waals surface area (Å²) >= 11 is 0. The standard InChI is InChI=1S/C16H22N2O3/c1-20-12-16-6-3-9-21-14(16)5-8-18(11-16)15(19)13-4-2-7-17-10-13/h2,4,7,10,14H,3,5-6,8-9,11-12H2,1H3/t14-,16-/m0/s1. The third-order valence-electron chi connectivity index (χ3n) is 4.62. The van der Waals surface area contributed by atoms with Gasteiger partial charge in [0.15, 0.2) is 0 Å². The molecule has 0 saturated carbocycles. The van der Waals surface area contributed by atoms with Gasteiger partial charge in [0.2, 0.25) is 0 Å². The highest BCUT2D eigenvalue weighted by Crippen LogP contribution is 2.40. The van der Waals surface area contributed by atoms with E-state index in [0.717, 1.165) is 32.4 Å². The Labute approximate surface area is 125 Å². The van der Waals surface area contributed by atoms with Gasteiger partial charge in [-0.1, -0.05) is 0 Å². The van der Waals surface area contributed by atoms with E-state index < -0.39 is 0 Å². The second-order valence-corrected chi connectivity index (χ2v) is 6.02. The number of aromatic nitrogens is 1. The lowest BCUT2D eigenvalue weighted by Gasteiger charge is -2.50. The van der Waals surface area contributed by atoms with Crippen molar-refractivity contribution >= 4 is 5.91 Å². The van der Waals surface area contributed by atoms with Crippen LogP contribution in [0.4, 0.5) is 0 Å². The molecule has 1 amide bonds. The van der Waals surface area contributed by atoms with E-state index in [-0.39, 0.29) is 17.4 Å². The molecule has 2 fully saturated rings. The molecule has 21 heavy (non-hydrogen) atoms. The van der Waals surface area contributed by atoms with Crippen LogP contribution in [-0.4, -0.2) is 55.3 Å². The number of methoxy groups -OCH3 is 1. The van der Waals surface area contributed by atoms with E-state index in [1.54, 1.807) is 25.6 Å². The number of fused-ring (bicyclic) bond motifs is 1. The van der Waals surface area contributed by atoms with E-state index in [0.29, 0.717) is 18.7 Å². The number of rotatable bonds is 3. The number of amides is 1. The van der Waals surface area contributed by atoms with Gasteiger partial charge in [0.1, 0.15) is 0 Å². The van der Waals surface area contributed by atoms with Gasteiger partial charge in [-0.15, -0.1) is 0 Å². The summed E-state index contributed by atoms with van der Waals surface area (Å²) in [6.07, 6.45) is 6.51. The molecule has 0 aliphatic carbocycles. The molecular formula is C16H22N2O3. The second kappa shape index (κ2) is 6.12. The minimum Gasteiger partial charge on any atom is -0.384 e. The van der Waals surface area contributed by atoms with Crippen molar-refractivity contribution in [2.45, 2.75) is 25.4 Å². The van der Waals surface area contributed by atoms with Gasteiger partial charge in [0.25, 0.3) is 5.91 Å². The number of likely N-dealkylation sites (tertiary alicyclic amines) is 1. The number of hydrogen-bond acceptors (Lipinski definition) is 4. The Kier molecular flexibility index (Phi) is 4.22. The van der Waals surface area contributed by atoms with Crippen LogP contribution in [0.1, 0.15) is 29.6 Å². The van der Waals surface area contributed by atoms with Crippen molar-refractivity contribution in [3.63, 3.8) is 0 Å². The van der Waals surface area contributed by atoms with Gasteiger partial charge in [-0.3, -0.25) is 9.78 Å². The van der Waals surface area contributed by atoms with E-state index in [2.05, 4.69) is 4.98 Å². The van der Waals surface area contributed by atoms with Crippen LogP contribution >= 0.6 is 0 Å². The molecule has 2 atom stereocenters. The first-order valence-electron chi connectivity index (χ1n) is 7.55. The Morgan fingerprint density at radius 1 is 1.62 bits per heavy atom. The number of hydrogen-bond donors (Lipinski definition) is 0. The summed E-state index contributed by atoms with van der Waals surface area (Å²) in [5.41, 5.74) is 0.601. The first kappa shape index (κ1) is 14.5. The molecule has 114 valence electrons. The third-order valence-corrected chi connectivity index (χ3v) is 4.62. The molecule has 0 aromatic carbocycles. The van der Waals surface area contributed by atoms with Crippen LogP contribution in [0.25, 0.3) is 0 Å². The highest BCUT2D eigenvalue weighted by atomic mass is 16.5. The molecule has 1 aromatic heterocycles. The van der Waals surface area contributed by atoms with Crippen molar-refractivity contribution in [3.8, 4) is 0 Å². The molecule has 5 nitrogen and oxygen atoms in total. The lowest BCUT2D eigenvalue weighted by molar-refractivity contribution is -0.142. The Morgan fingerprint density at radius 2 is 2.52 bits per heavy atom. The van der Waals surface area contributed by atoms with Crippen molar-refractivity contribution in [1.29, 1.82) is 0 Å². The summed E-state index contributed by atoms with van der Waals surface area (Å²) in [5, 5.41) is 0. The molecule has 2 aliphatic heterocycles. The minimum atomic E-state index is -0.0525. The van der Waals surface area contributed by atoms with Crippen molar-refractivity contribution in [3.05, 3.63) is 30.1 Å². The number of carbonyl (C=O) groups is 1. The molecule has 0 radical (unpaired) electrons. The fraction of sp³-hybridized carbons (Fsp3) is 0.625. The molecule has 3 heterocycles. The van der Waals surface area contributed by atoms with Crippen LogP contribution in [0.2, 0.25) is 0 Å². The van der Waals surface area contributed by atoms with Gasteiger partial charge in [-0.2, -0.15) is 0 Å². The lowest BCUT2D eigenvalue weighted by atomic mass is 9.73. The Hall–Kier alpha value is -1.46. The SMILES string of the molecule is COC[C@@]12CCCO[C@H]1CCN(C(=O)c1cccnc1)C2. The first-order valence-corrected chi connectivity index (χ1v) is 7.55. The average molecular weight is 290 g/mol. The summed E-state index contributed by atoms with van der Waals surface area (Å²) < 4.78 is 11.4. The number of piperidine rings is 1. The van der Waals surface area contributed by atoms with E-state index >= 15 is 0 Å². The molecule has 2 saturated heterocycles. The largest absolute Gasteiger partial charge is 0.384 e. The number of carbonyl (C=O) groups excluding carboxylic acids is 1. The molecule has 2 aliphatic rings. The fourth-order valence-electron chi connectivity index (χ4n) is 3.63. The van der Waals surface area contributed by atoms with Crippen LogP contribution < -0.4 is 0 Å². The third kappa shape index (κ3) is 2.80. The van der Waals surface area contributed by atoms with Crippen LogP contribution in [-0.2, 0) is 9.47 Å². The highest BCUT2D eigenvalue weighted by molar-refractivity contribution is 5.94. The van der Waals surface area contributed by atoms with Crippen LogP contribution in [0.15, 0.2) is 24.5 Å². The minimum absolute atomic E-state index is 0.0525. The molecule has 3 rings (SSSR count). The van der Waals surface area contributed by atoms with Crippen LogP contribution in [0, 0.1) is 5.41 Å². The monoisotopic (exact) mass is 290 g/mol. The van der Waals surface area contributed by atoms with Crippen molar-refractivity contribution in [1.82, 2.24) is 9.88 Å². The predicted molar refractivity (Wildman–Crippen MR) is 78.0 cm³/mol. The molecule has 0 N–H and O–H groups in total. The molecule has 0 bridgehead atoms. The summed E-state index contributed by atoms with van der Waals surface area (Å²) in [6.45, 7) is 2.92. The van der Waals surface area contributed by atoms with E-state index in [1.807, 2.05) is 11.0 Å². The van der Waals surface area contributed by atoms with E-state index in [1.165, 1.54) is 0 Å². The number of ether oxygens (including phenoxy) is 2. The first-order chi connectivity index (χ1) is 10.2. The maximum absolute atomic E-state index is 12.6. The van der Waals surface area contributed by atoms with Crippen molar-refractivity contribution < 1.29 is 14.3 Å². The predicted octanol–water partition coefficient (Wildman–Crippen LogP) is 1.74. The molecular weight excluding hydrogens is 268 g/mol. The highest BCUT2D eigenvalue weighted by Gasteiger charge is 2.47. The maximum Gasteiger partial charge on any atom is 0.255 e. The van der Waals surface area contributed by atoms with E-state index in [9.17, 15) is 4.79 Å². The normalized spacial score (nSPS) is 29.0. The van der Waals surface area contributed by atoms with Gasteiger partial charge < -0.3 is 14.4 Å². The molecule has 0 unspecified atom stereocenters. The number of nitrogens with zero attached hydrogens (tertiary/aromatic N) is 2. The van der Waals surface area contributed by atoms with Gasteiger partial charge in [0.05, 0.1) is 18.3 Å². The van der Waals surface area contributed by atoms with Crippen molar-refractivity contribution in [2.75, 3.05) is 33.4 Å². The molecule has 1 aromatic rings. The summed E-state index contributed by atoms with van der Waals surface area (Å²) in [6, 6.07) is 3.62. The van der Waals surface area contributed by atoms with E-state index in [4.69, 9.17) is 9.47 Å². The smallest absolute Gasteiger partial charge is 0.255 e. The topological polar surface area (TPSA) is 51.7 Å².